The first-order valence-corrected chi connectivity index (χ1v) is 5.28. The van der Waals surface area contributed by atoms with E-state index in [1.165, 1.54) is 6.07 Å². The highest BCUT2D eigenvalue weighted by molar-refractivity contribution is 5.79. The molecule has 1 aliphatic heterocycles. The molecule has 1 amide bonds. The Hall–Kier alpha value is -1.38. The Balaban J connectivity index is 2.08. The number of piperidine rings is 1. The first-order valence-electron chi connectivity index (χ1n) is 5.28. The fourth-order valence-electron chi connectivity index (χ4n) is 1.96. The number of carbonyl (C=O) groups is 1. The smallest absolute Gasteiger partial charge is 0.223 e. The zero-order valence-electron chi connectivity index (χ0n) is 8.50. The van der Waals surface area contributed by atoms with Crippen LogP contribution in [0.5, 0.6) is 0 Å². The third-order valence-corrected chi connectivity index (χ3v) is 2.82. The maximum absolute atomic E-state index is 13.3. The van der Waals surface area contributed by atoms with Crippen molar-refractivity contribution in [2.45, 2.75) is 19.3 Å². The molecular formula is C12H14FNO. The van der Waals surface area contributed by atoms with E-state index >= 15 is 0 Å². The second kappa shape index (κ2) is 4.43. The lowest BCUT2D eigenvalue weighted by atomic mass is 9.91. The molecule has 80 valence electrons. The number of benzene rings is 1. The van der Waals surface area contributed by atoms with Crippen molar-refractivity contribution in [1.82, 2.24) is 5.32 Å². The summed E-state index contributed by atoms with van der Waals surface area (Å²) >= 11 is 0. The lowest BCUT2D eigenvalue weighted by Crippen LogP contribution is -2.37. The topological polar surface area (TPSA) is 29.1 Å². The summed E-state index contributed by atoms with van der Waals surface area (Å²) in [4.78, 5) is 11.5. The van der Waals surface area contributed by atoms with Gasteiger partial charge in [0, 0.05) is 12.5 Å². The highest BCUT2D eigenvalue weighted by atomic mass is 19.1. The van der Waals surface area contributed by atoms with Crippen molar-refractivity contribution in [2.24, 2.45) is 5.92 Å². The molecule has 0 bridgehead atoms. The Labute approximate surface area is 88.5 Å². The molecule has 0 saturated carbocycles. The van der Waals surface area contributed by atoms with E-state index in [2.05, 4.69) is 5.32 Å². The zero-order valence-corrected chi connectivity index (χ0v) is 8.50. The monoisotopic (exact) mass is 207 g/mol. The van der Waals surface area contributed by atoms with E-state index in [1.807, 2.05) is 0 Å². The third kappa shape index (κ3) is 2.35. The minimum atomic E-state index is -0.212. The first-order chi connectivity index (χ1) is 7.27. The predicted octanol–water partition coefficient (Wildman–Crippen LogP) is 1.89. The number of amides is 1. The molecule has 0 radical (unpaired) electrons. The Morgan fingerprint density at radius 2 is 2.20 bits per heavy atom. The van der Waals surface area contributed by atoms with Gasteiger partial charge in [-0.15, -0.1) is 0 Å². The lowest BCUT2D eigenvalue weighted by molar-refractivity contribution is -0.126. The predicted molar refractivity (Wildman–Crippen MR) is 55.8 cm³/mol. The highest BCUT2D eigenvalue weighted by Gasteiger charge is 2.22. The van der Waals surface area contributed by atoms with Crippen LogP contribution in [-0.4, -0.2) is 12.5 Å². The van der Waals surface area contributed by atoms with Gasteiger partial charge in [-0.2, -0.15) is 0 Å². The fourth-order valence-corrected chi connectivity index (χ4v) is 1.96. The number of hydrogen-bond acceptors (Lipinski definition) is 1. The lowest BCUT2D eigenvalue weighted by Gasteiger charge is -2.21. The minimum absolute atomic E-state index is 0.0596. The van der Waals surface area contributed by atoms with Gasteiger partial charge in [-0.3, -0.25) is 4.79 Å². The van der Waals surface area contributed by atoms with Crippen LogP contribution in [0.15, 0.2) is 24.3 Å². The summed E-state index contributed by atoms with van der Waals surface area (Å²) in [6, 6.07) is 6.66. The molecule has 1 fully saturated rings. The van der Waals surface area contributed by atoms with Gasteiger partial charge in [0.1, 0.15) is 5.82 Å². The summed E-state index contributed by atoms with van der Waals surface area (Å²) in [6.07, 6.45) is 2.36. The fraction of sp³-hybridized carbons (Fsp3) is 0.417. The number of hydrogen-bond donors (Lipinski definition) is 1. The molecule has 1 aliphatic rings. The van der Waals surface area contributed by atoms with Crippen LogP contribution < -0.4 is 5.32 Å². The minimum Gasteiger partial charge on any atom is -0.356 e. The van der Waals surface area contributed by atoms with Gasteiger partial charge < -0.3 is 5.32 Å². The normalized spacial score (nSPS) is 21.1. The number of halogens is 1. The summed E-state index contributed by atoms with van der Waals surface area (Å²) in [5.41, 5.74) is 0.638. The van der Waals surface area contributed by atoms with E-state index in [0.717, 1.165) is 19.4 Å². The van der Waals surface area contributed by atoms with Crippen molar-refractivity contribution in [3.05, 3.63) is 35.6 Å². The molecule has 2 nitrogen and oxygen atoms in total. The van der Waals surface area contributed by atoms with Crippen LogP contribution >= 0.6 is 0 Å². The van der Waals surface area contributed by atoms with Crippen LogP contribution in [-0.2, 0) is 11.2 Å². The summed E-state index contributed by atoms with van der Waals surface area (Å²) in [5, 5.41) is 2.81. The van der Waals surface area contributed by atoms with Gasteiger partial charge in [0.05, 0.1) is 0 Å². The SMILES string of the molecule is O=C1NCCCC1Cc1ccccc1F. The Kier molecular flexibility index (Phi) is 2.99. The van der Waals surface area contributed by atoms with Crippen LogP contribution in [0.4, 0.5) is 4.39 Å². The van der Waals surface area contributed by atoms with Gasteiger partial charge in [0.25, 0.3) is 0 Å². The van der Waals surface area contributed by atoms with E-state index in [4.69, 9.17) is 0 Å². The second-order valence-electron chi connectivity index (χ2n) is 3.93. The van der Waals surface area contributed by atoms with E-state index < -0.39 is 0 Å². The van der Waals surface area contributed by atoms with Crippen molar-refractivity contribution in [3.63, 3.8) is 0 Å². The third-order valence-electron chi connectivity index (χ3n) is 2.82. The Morgan fingerprint density at radius 1 is 1.40 bits per heavy atom. The molecule has 2 rings (SSSR count). The first kappa shape index (κ1) is 10.1. The molecule has 1 atom stereocenters. The van der Waals surface area contributed by atoms with Gasteiger partial charge in [-0.1, -0.05) is 18.2 Å². The maximum Gasteiger partial charge on any atom is 0.223 e. The van der Waals surface area contributed by atoms with Crippen LogP contribution in [0.3, 0.4) is 0 Å². The molecule has 0 spiro atoms. The Morgan fingerprint density at radius 3 is 2.93 bits per heavy atom. The molecule has 15 heavy (non-hydrogen) atoms. The van der Waals surface area contributed by atoms with Gasteiger partial charge in [0.15, 0.2) is 0 Å². The molecule has 3 heteroatoms. The average molecular weight is 207 g/mol. The molecule has 1 N–H and O–H groups in total. The summed E-state index contributed by atoms with van der Waals surface area (Å²) in [5.74, 6) is -0.212. The summed E-state index contributed by atoms with van der Waals surface area (Å²) < 4.78 is 13.3. The van der Waals surface area contributed by atoms with Crippen LogP contribution in [0.1, 0.15) is 18.4 Å². The maximum atomic E-state index is 13.3. The van der Waals surface area contributed by atoms with Crippen LogP contribution in [0.2, 0.25) is 0 Å². The molecule has 0 aliphatic carbocycles. The molecule has 0 aromatic heterocycles. The van der Waals surface area contributed by atoms with Crippen molar-refractivity contribution < 1.29 is 9.18 Å². The molecular weight excluding hydrogens is 193 g/mol. The molecule has 1 aromatic carbocycles. The van der Waals surface area contributed by atoms with Crippen molar-refractivity contribution in [2.75, 3.05) is 6.54 Å². The largest absolute Gasteiger partial charge is 0.356 e. The molecule has 1 aromatic rings. The molecule has 1 heterocycles. The van der Waals surface area contributed by atoms with Crippen molar-refractivity contribution in [3.8, 4) is 0 Å². The van der Waals surface area contributed by atoms with E-state index in [-0.39, 0.29) is 17.6 Å². The number of nitrogens with one attached hydrogen (secondary N) is 1. The number of carbonyl (C=O) groups excluding carboxylic acids is 1. The van der Waals surface area contributed by atoms with Crippen molar-refractivity contribution in [1.29, 1.82) is 0 Å². The summed E-state index contributed by atoms with van der Waals surface area (Å²) in [7, 11) is 0. The van der Waals surface area contributed by atoms with Crippen LogP contribution in [0, 0.1) is 11.7 Å². The Bertz CT molecular complexity index is 364. The molecule has 1 saturated heterocycles. The second-order valence-corrected chi connectivity index (χ2v) is 3.93. The van der Waals surface area contributed by atoms with E-state index in [9.17, 15) is 9.18 Å². The molecule has 1 unspecified atom stereocenters. The van der Waals surface area contributed by atoms with Gasteiger partial charge >= 0.3 is 0 Å². The standard InChI is InChI=1S/C12H14FNO/c13-11-6-2-1-4-9(11)8-10-5-3-7-14-12(10)15/h1-2,4,6,10H,3,5,7-8H2,(H,14,15). The quantitative estimate of drug-likeness (QED) is 0.788. The zero-order chi connectivity index (χ0) is 10.7. The van der Waals surface area contributed by atoms with E-state index in [1.54, 1.807) is 18.2 Å². The van der Waals surface area contributed by atoms with Gasteiger partial charge in [-0.25, -0.2) is 4.39 Å². The summed E-state index contributed by atoms with van der Waals surface area (Å²) in [6.45, 7) is 0.757. The highest BCUT2D eigenvalue weighted by Crippen LogP contribution is 2.19. The van der Waals surface area contributed by atoms with Gasteiger partial charge in [-0.05, 0) is 30.9 Å². The van der Waals surface area contributed by atoms with Crippen molar-refractivity contribution >= 4 is 5.91 Å². The van der Waals surface area contributed by atoms with Crippen LogP contribution in [0.25, 0.3) is 0 Å². The number of rotatable bonds is 2. The van der Waals surface area contributed by atoms with Gasteiger partial charge in [0.2, 0.25) is 5.91 Å². The van der Waals surface area contributed by atoms with E-state index in [0.29, 0.717) is 12.0 Å². The average Bonchev–Trinajstić information content (AvgIpc) is 2.24.